The largest absolute Gasteiger partial charge is 0.389 e. The second-order valence-electron chi connectivity index (χ2n) is 5.12. The standard InChI is InChI=1S/C15H22O/c1-2-14-10-6-7-11-15(14,16)12-13-8-4-3-5-9-13/h3-5,8-9,14,16H,2,6-7,10-12H2,1H3. The van der Waals surface area contributed by atoms with E-state index in [2.05, 4.69) is 31.2 Å². The third-order valence-corrected chi connectivity index (χ3v) is 4.02. The third kappa shape index (κ3) is 2.46. The van der Waals surface area contributed by atoms with Gasteiger partial charge >= 0.3 is 0 Å². The van der Waals surface area contributed by atoms with E-state index in [0.29, 0.717) is 5.92 Å². The van der Waals surface area contributed by atoms with Gasteiger partial charge in [-0.2, -0.15) is 0 Å². The summed E-state index contributed by atoms with van der Waals surface area (Å²) in [5.74, 6) is 0.487. The van der Waals surface area contributed by atoms with Crippen LogP contribution in [0.4, 0.5) is 0 Å². The highest BCUT2D eigenvalue weighted by atomic mass is 16.3. The molecule has 0 amide bonds. The predicted molar refractivity (Wildman–Crippen MR) is 67.3 cm³/mol. The van der Waals surface area contributed by atoms with Crippen molar-refractivity contribution in [3.8, 4) is 0 Å². The fraction of sp³-hybridized carbons (Fsp3) is 0.600. The van der Waals surface area contributed by atoms with Crippen LogP contribution in [0.25, 0.3) is 0 Å². The van der Waals surface area contributed by atoms with E-state index in [-0.39, 0.29) is 0 Å². The van der Waals surface area contributed by atoms with Crippen LogP contribution in [-0.2, 0) is 6.42 Å². The summed E-state index contributed by atoms with van der Waals surface area (Å²) in [5, 5.41) is 10.8. The quantitative estimate of drug-likeness (QED) is 0.822. The van der Waals surface area contributed by atoms with Crippen LogP contribution in [0, 0.1) is 5.92 Å². The van der Waals surface area contributed by atoms with Crippen LogP contribution in [0.2, 0.25) is 0 Å². The molecule has 88 valence electrons. The summed E-state index contributed by atoms with van der Waals surface area (Å²) in [6, 6.07) is 10.4. The number of benzene rings is 1. The van der Waals surface area contributed by atoms with Crippen LogP contribution in [0.5, 0.6) is 0 Å². The van der Waals surface area contributed by atoms with Gasteiger partial charge in [0.05, 0.1) is 5.60 Å². The first-order valence-electron chi connectivity index (χ1n) is 6.51. The molecular weight excluding hydrogens is 196 g/mol. The first kappa shape index (κ1) is 11.7. The van der Waals surface area contributed by atoms with Crippen LogP contribution in [0.1, 0.15) is 44.6 Å². The highest BCUT2D eigenvalue weighted by Gasteiger charge is 2.37. The van der Waals surface area contributed by atoms with Gasteiger partial charge in [-0.3, -0.25) is 0 Å². The summed E-state index contributed by atoms with van der Waals surface area (Å²) >= 11 is 0. The molecule has 1 nitrogen and oxygen atoms in total. The lowest BCUT2D eigenvalue weighted by molar-refractivity contribution is -0.0491. The van der Waals surface area contributed by atoms with E-state index < -0.39 is 5.60 Å². The summed E-state index contributed by atoms with van der Waals surface area (Å²) in [7, 11) is 0. The van der Waals surface area contributed by atoms with Crippen molar-refractivity contribution in [2.45, 2.75) is 51.0 Å². The van der Waals surface area contributed by atoms with Gasteiger partial charge in [-0.1, -0.05) is 56.5 Å². The fourth-order valence-electron chi connectivity index (χ4n) is 3.06. The number of hydrogen-bond donors (Lipinski definition) is 1. The number of rotatable bonds is 3. The molecule has 1 fully saturated rings. The first-order chi connectivity index (χ1) is 7.74. The van der Waals surface area contributed by atoms with Crippen LogP contribution in [0.3, 0.4) is 0 Å². The molecule has 0 aliphatic heterocycles. The summed E-state index contributed by atoms with van der Waals surface area (Å²) in [6.07, 6.45) is 6.56. The Bertz CT molecular complexity index is 319. The van der Waals surface area contributed by atoms with Crippen LogP contribution < -0.4 is 0 Å². The molecule has 2 unspecified atom stereocenters. The van der Waals surface area contributed by atoms with Crippen molar-refractivity contribution in [1.82, 2.24) is 0 Å². The van der Waals surface area contributed by atoms with Crippen molar-refractivity contribution in [3.63, 3.8) is 0 Å². The van der Waals surface area contributed by atoms with E-state index in [0.717, 1.165) is 19.3 Å². The average Bonchev–Trinajstić information content (AvgIpc) is 2.30. The minimum atomic E-state index is -0.450. The average molecular weight is 218 g/mol. The number of hydrogen-bond acceptors (Lipinski definition) is 1. The molecule has 1 aliphatic rings. The van der Waals surface area contributed by atoms with Gasteiger partial charge in [0.15, 0.2) is 0 Å². The normalized spacial score (nSPS) is 30.2. The maximum atomic E-state index is 10.8. The maximum absolute atomic E-state index is 10.8. The lowest BCUT2D eigenvalue weighted by Gasteiger charge is -2.40. The van der Waals surface area contributed by atoms with E-state index >= 15 is 0 Å². The van der Waals surface area contributed by atoms with Crippen molar-refractivity contribution in [3.05, 3.63) is 35.9 Å². The van der Waals surface area contributed by atoms with Gasteiger partial charge in [-0.05, 0) is 24.3 Å². The molecule has 1 heteroatoms. The van der Waals surface area contributed by atoms with Gasteiger partial charge in [-0.15, -0.1) is 0 Å². The SMILES string of the molecule is CCC1CCCCC1(O)Cc1ccccc1. The molecule has 0 bridgehead atoms. The molecule has 1 aliphatic carbocycles. The summed E-state index contributed by atoms with van der Waals surface area (Å²) in [5.41, 5.74) is 0.819. The van der Waals surface area contributed by atoms with E-state index in [4.69, 9.17) is 0 Å². The Balaban J connectivity index is 2.11. The molecule has 0 saturated heterocycles. The van der Waals surface area contributed by atoms with E-state index in [1.807, 2.05) is 6.07 Å². The topological polar surface area (TPSA) is 20.2 Å². The van der Waals surface area contributed by atoms with E-state index in [9.17, 15) is 5.11 Å². The zero-order valence-electron chi connectivity index (χ0n) is 10.2. The Morgan fingerprint density at radius 2 is 2.00 bits per heavy atom. The maximum Gasteiger partial charge on any atom is 0.0715 e. The van der Waals surface area contributed by atoms with E-state index in [1.165, 1.54) is 24.8 Å². The zero-order chi connectivity index (χ0) is 11.4. The minimum Gasteiger partial charge on any atom is -0.389 e. The van der Waals surface area contributed by atoms with Crippen LogP contribution in [-0.4, -0.2) is 10.7 Å². The van der Waals surface area contributed by atoms with Crippen molar-refractivity contribution in [2.24, 2.45) is 5.92 Å². The molecule has 16 heavy (non-hydrogen) atoms. The lowest BCUT2D eigenvalue weighted by atomic mass is 9.71. The van der Waals surface area contributed by atoms with Crippen molar-refractivity contribution in [2.75, 3.05) is 0 Å². The minimum absolute atomic E-state index is 0.450. The van der Waals surface area contributed by atoms with Gasteiger partial charge in [-0.25, -0.2) is 0 Å². The molecule has 2 atom stereocenters. The molecule has 1 aromatic carbocycles. The van der Waals surface area contributed by atoms with Gasteiger partial charge in [0.2, 0.25) is 0 Å². The Morgan fingerprint density at radius 3 is 2.69 bits per heavy atom. The molecule has 0 radical (unpaired) electrons. The van der Waals surface area contributed by atoms with Gasteiger partial charge < -0.3 is 5.11 Å². The molecule has 2 rings (SSSR count). The zero-order valence-corrected chi connectivity index (χ0v) is 10.2. The Hall–Kier alpha value is -0.820. The predicted octanol–water partition coefficient (Wildman–Crippen LogP) is 3.56. The van der Waals surface area contributed by atoms with Crippen molar-refractivity contribution < 1.29 is 5.11 Å². The summed E-state index contributed by atoms with van der Waals surface area (Å²) in [6.45, 7) is 2.20. The van der Waals surface area contributed by atoms with Crippen molar-refractivity contribution >= 4 is 0 Å². The molecule has 0 aromatic heterocycles. The Kier molecular flexibility index (Phi) is 3.65. The van der Waals surface area contributed by atoms with Gasteiger partial charge in [0.1, 0.15) is 0 Å². The van der Waals surface area contributed by atoms with Gasteiger partial charge in [0, 0.05) is 6.42 Å². The van der Waals surface area contributed by atoms with Crippen molar-refractivity contribution in [1.29, 1.82) is 0 Å². The lowest BCUT2D eigenvalue weighted by Crippen LogP contribution is -2.42. The molecule has 1 N–H and O–H groups in total. The third-order valence-electron chi connectivity index (χ3n) is 4.02. The Labute approximate surface area is 98.5 Å². The second kappa shape index (κ2) is 5.01. The highest BCUT2D eigenvalue weighted by molar-refractivity contribution is 5.17. The van der Waals surface area contributed by atoms with Crippen LogP contribution in [0.15, 0.2) is 30.3 Å². The fourth-order valence-corrected chi connectivity index (χ4v) is 3.06. The van der Waals surface area contributed by atoms with Crippen LogP contribution >= 0.6 is 0 Å². The number of aliphatic hydroxyl groups is 1. The summed E-state index contributed by atoms with van der Waals surface area (Å²) < 4.78 is 0. The van der Waals surface area contributed by atoms with E-state index in [1.54, 1.807) is 0 Å². The smallest absolute Gasteiger partial charge is 0.0715 e. The Morgan fingerprint density at radius 1 is 1.25 bits per heavy atom. The molecule has 0 heterocycles. The monoisotopic (exact) mass is 218 g/mol. The first-order valence-corrected chi connectivity index (χ1v) is 6.51. The summed E-state index contributed by atoms with van der Waals surface area (Å²) in [4.78, 5) is 0. The van der Waals surface area contributed by atoms with Gasteiger partial charge in [0.25, 0.3) is 0 Å². The highest BCUT2D eigenvalue weighted by Crippen LogP contribution is 2.38. The molecule has 1 aromatic rings. The molecular formula is C15H22O. The second-order valence-corrected chi connectivity index (χ2v) is 5.12. The molecule has 1 saturated carbocycles. The molecule has 0 spiro atoms.